The molecule has 1 saturated carbocycles. The lowest BCUT2D eigenvalue weighted by atomic mass is 9.86. The number of carbonyl (C=O) groups is 3. The highest BCUT2D eigenvalue weighted by molar-refractivity contribution is 7.17. The van der Waals surface area contributed by atoms with E-state index in [1.165, 1.54) is 11.3 Å². The predicted octanol–water partition coefficient (Wildman–Crippen LogP) is 3.72. The third kappa shape index (κ3) is 4.34. The van der Waals surface area contributed by atoms with Crippen LogP contribution in [0, 0.1) is 11.8 Å². The number of amides is 1. The van der Waals surface area contributed by atoms with Crippen LogP contribution in [0.4, 0.5) is 5.00 Å². The zero-order valence-electron chi connectivity index (χ0n) is 16.1. The van der Waals surface area contributed by atoms with E-state index in [4.69, 9.17) is 9.47 Å². The molecule has 2 atom stereocenters. The van der Waals surface area contributed by atoms with E-state index in [1.807, 2.05) is 0 Å². The molecule has 3 rings (SSSR count). The summed E-state index contributed by atoms with van der Waals surface area (Å²) in [6, 6.07) is 0. The Hall–Kier alpha value is -1.89. The number of fused-ring (bicyclic) bond motifs is 1. The summed E-state index contributed by atoms with van der Waals surface area (Å²) in [4.78, 5) is 38.2. The molecule has 0 bridgehead atoms. The van der Waals surface area contributed by atoms with Crippen molar-refractivity contribution < 1.29 is 23.9 Å². The van der Waals surface area contributed by atoms with Gasteiger partial charge in [-0.15, -0.1) is 11.3 Å². The van der Waals surface area contributed by atoms with Crippen LogP contribution in [-0.2, 0) is 31.9 Å². The molecule has 1 fully saturated rings. The maximum atomic E-state index is 12.6. The molecule has 1 N–H and O–H groups in total. The molecule has 0 spiro atoms. The first-order valence-electron chi connectivity index (χ1n) is 9.73. The van der Waals surface area contributed by atoms with Crippen molar-refractivity contribution >= 4 is 34.2 Å². The summed E-state index contributed by atoms with van der Waals surface area (Å²) in [6.07, 6.45) is 4.51. The largest absolute Gasteiger partial charge is 0.462 e. The Morgan fingerprint density at radius 2 is 2.00 bits per heavy atom. The number of thiophene rings is 1. The Morgan fingerprint density at radius 3 is 2.63 bits per heavy atom. The summed E-state index contributed by atoms with van der Waals surface area (Å²) in [5.41, 5.74) is 1.46. The summed E-state index contributed by atoms with van der Waals surface area (Å²) in [6.45, 7) is 5.79. The minimum atomic E-state index is -0.897. The van der Waals surface area contributed by atoms with Gasteiger partial charge in [0.1, 0.15) is 5.00 Å². The molecule has 6 nitrogen and oxygen atoms in total. The first-order valence-corrected chi connectivity index (χ1v) is 10.5. The molecule has 2 aliphatic carbocycles. The standard InChI is InChI=1S/C20H27NO5S/c1-4-25-20(24)16-14-9-8-11(2)10-15(14)27-18(16)21-17(22)12(3)26-19(23)13-6-5-7-13/h11-13H,4-10H2,1-3H3,(H,21,22). The summed E-state index contributed by atoms with van der Waals surface area (Å²) in [7, 11) is 0. The van der Waals surface area contributed by atoms with Gasteiger partial charge >= 0.3 is 11.9 Å². The quantitative estimate of drug-likeness (QED) is 0.745. The molecule has 1 heterocycles. The molecule has 148 valence electrons. The fraction of sp³-hybridized carbons (Fsp3) is 0.650. The van der Waals surface area contributed by atoms with E-state index < -0.39 is 18.0 Å². The normalized spacial score (nSPS) is 20.2. The van der Waals surface area contributed by atoms with Gasteiger partial charge in [-0.25, -0.2) is 4.79 Å². The fourth-order valence-electron chi connectivity index (χ4n) is 3.44. The number of hydrogen-bond donors (Lipinski definition) is 1. The molecule has 1 aromatic heterocycles. The van der Waals surface area contributed by atoms with Crippen molar-refractivity contribution in [2.45, 2.75) is 65.4 Å². The Kier molecular flexibility index (Phi) is 6.19. The van der Waals surface area contributed by atoms with Crippen LogP contribution in [0.15, 0.2) is 0 Å². The predicted molar refractivity (Wildman–Crippen MR) is 103 cm³/mol. The van der Waals surface area contributed by atoms with E-state index in [9.17, 15) is 14.4 Å². The average Bonchev–Trinajstić information content (AvgIpc) is 2.89. The van der Waals surface area contributed by atoms with Gasteiger partial charge in [0.15, 0.2) is 6.10 Å². The van der Waals surface area contributed by atoms with Crippen LogP contribution in [-0.4, -0.2) is 30.6 Å². The Labute approximate surface area is 163 Å². The highest BCUT2D eigenvalue weighted by Gasteiger charge is 2.32. The molecule has 0 saturated heterocycles. The smallest absolute Gasteiger partial charge is 0.341 e. The summed E-state index contributed by atoms with van der Waals surface area (Å²) in [5.74, 6) is -0.657. The monoisotopic (exact) mass is 393 g/mol. The second kappa shape index (κ2) is 8.42. The molecule has 7 heteroatoms. The summed E-state index contributed by atoms with van der Waals surface area (Å²) in [5, 5.41) is 3.31. The highest BCUT2D eigenvalue weighted by atomic mass is 32.1. The number of anilines is 1. The van der Waals surface area contributed by atoms with Crippen molar-refractivity contribution in [3.63, 3.8) is 0 Å². The van der Waals surface area contributed by atoms with E-state index >= 15 is 0 Å². The van der Waals surface area contributed by atoms with Crippen LogP contribution in [0.1, 0.15) is 67.3 Å². The maximum absolute atomic E-state index is 12.6. The number of nitrogens with one attached hydrogen (secondary N) is 1. The van der Waals surface area contributed by atoms with E-state index in [0.29, 0.717) is 16.5 Å². The number of rotatable bonds is 6. The van der Waals surface area contributed by atoms with Gasteiger partial charge in [0.2, 0.25) is 0 Å². The second-order valence-corrected chi connectivity index (χ2v) is 8.58. The van der Waals surface area contributed by atoms with Gasteiger partial charge in [0, 0.05) is 4.88 Å². The SMILES string of the molecule is CCOC(=O)c1c(NC(=O)C(C)OC(=O)C2CCC2)sc2c1CCC(C)C2. The first kappa shape index (κ1) is 19.9. The van der Waals surface area contributed by atoms with Crippen LogP contribution in [0.5, 0.6) is 0 Å². The van der Waals surface area contributed by atoms with Crippen molar-refractivity contribution in [1.29, 1.82) is 0 Å². The molecular weight excluding hydrogens is 366 g/mol. The van der Waals surface area contributed by atoms with E-state index in [1.54, 1.807) is 13.8 Å². The van der Waals surface area contributed by atoms with Crippen molar-refractivity contribution in [2.24, 2.45) is 11.8 Å². The molecule has 0 aromatic carbocycles. The minimum Gasteiger partial charge on any atom is -0.462 e. The Bertz CT molecular complexity index is 737. The van der Waals surface area contributed by atoms with Crippen molar-refractivity contribution in [3.8, 4) is 0 Å². The van der Waals surface area contributed by atoms with Crippen LogP contribution < -0.4 is 5.32 Å². The van der Waals surface area contributed by atoms with Gasteiger partial charge in [-0.2, -0.15) is 0 Å². The summed E-state index contributed by atoms with van der Waals surface area (Å²) < 4.78 is 10.5. The average molecular weight is 394 g/mol. The van der Waals surface area contributed by atoms with E-state index in [0.717, 1.165) is 49.0 Å². The molecule has 2 unspecified atom stereocenters. The Morgan fingerprint density at radius 1 is 1.26 bits per heavy atom. The lowest BCUT2D eigenvalue weighted by Gasteiger charge is -2.24. The zero-order chi connectivity index (χ0) is 19.6. The maximum Gasteiger partial charge on any atom is 0.341 e. The molecule has 0 aliphatic heterocycles. The second-order valence-electron chi connectivity index (χ2n) is 7.47. The minimum absolute atomic E-state index is 0.0779. The lowest BCUT2D eigenvalue weighted by molar-refractivity contribution is -0.159. The zero-order valence-corrected chi connectivity index (χ0v) is 16.9. The Balaban J connectivity index is 1.75. The lowest BCUT2D eigenvalue weighted by Crippen LogP contribution is -2.34. The number of hydrogen-bond acceptors (Lipinski definition) is 6. The molecule has 27 heavy (non-hydrogen) atoms. The molecule has 2 aliphatic rings. The molecular formula is C20H27NO5S. The number of esters is 2. The first-order chi connectivity index (χ1) is 12.9. The van der Waals surface area contributed by atoms with Crippen molar-refractivity contribution in [1.82, 2.24) is 0 Å². The number of ether oxygens (including phenoxy) is 2. The van der Waals surface area contributed by atoms with Crippen molar-refractivity contribution in [3.05, 3.63) is 16.0 Å². The van der Waals surface area contributed by atoms with Gasteiger partial charge in [-0.05, 0) is 57.4 Å². The molecule has 0 radical (unpaired) electrons. The van der Waals surface area contributed by atoms with Gasteiger partial charge in [-0.3, -0.25) is 9.59 Å². The van der Waals surface area contributed by atoms with Gasteiger partial charge in [0.25, 0.3) is 5.91 Å². The van der Waals surface area contributed by atoms with Gasteiger partial charge < -0.3 is 14.8 Å². The molecule has 1 amide bonds. The third-order valence-electron chi connectivity index (χ3n) is 5.33. The van der Waals surface area contributed by atoms with Gasteiger partial charge in [0.05, 0.1) is 18.1 Å². The van der Waals surface area contributed by atoms with Gasteiger partial charge in [-0.1, -0.05) is 13.3 Å². The summed E-state index contributed by atoms with van der Waals surface area (Å²) >= 11 is 1.43. The van der Waals surface area contributed by atoms with Crippen LogP contribution >= 0.6 is 11.3 Å². The van der Waals surface area contributed by atoms with Crippen LogP contribution in [0.2, 0.25) is 0 Å². The van der Waals surface area contributed by atoms with E-state index in [-0.39, 0.29) is 18.5 Å². The topological polar surface area (TPSA) is 81.7 Å². The number of carbonyl (C=O) groups excluding carboxylic acids is 3. The third-order valence-corrected chi connectivity index (χ3v) is 6.50. The van der Waals surface area contributed by atoms with E-state index in [2.05, 4.69) is 12.2 Å². The fourth-order valence-corrected chi connectivity index (χ4v) is 4.84. The highest BCUT2D eigenvalue weighted by Crippen LogP contribution is 2.40. The molecule has 1 aromatic rings. The van der Waals surface area contributed by atoms with Crippen LogP contribution in [0.3, 0.4) is 0 Å². The van der Waals surface area contributed by atoms with Crippen LogP contribution in [0.25, 0.3) is 0 Å². The van der Waals surface area contributed by atoms with Crippen molar-refractivity contribution in [2.75, 3.05) is 11.9 Å².